The SMILES string of the molecule is CCSCCOC(=O)c1[nH]c2c(c1C)C(=O)C[C@@H](c1ccc(F)cc1)C2. The van der Waals surface area contributed by atoms with Crippen LogP contribution in [0.1, 0.15) is 56.9 Å². The second-order valence-electron chi connectivity index (χ2n) is 6.39. The molecule has 0 aliphatic heterocycles. The van der Waals surface area contributed by atoms with E-state index >= 15 is 0 Å². The van der Waals surface area contributed by atoms with Crippen LogP contribution in [0, 0.1) is 12.7 Å². The molecule has 1 aromatic carbocycles. The third kappa shape index (κ3) is 3.85. The van der Waals surface area contributed by atoms with Gasteiger partial charge in [0.2, 0.25) is 0 Å². The van der Waals surface area contributed by atoms with Crippen LogP contribution >= 0.6 is 11.8 Å². The van der Waals surface area contributed by atoms with Crippen LogP contribution < -0.4 is 0 Å². The fourth-order valence-electron chi connectivity index (χ4n) is 3.42. The van der Waals surface area contributed by atoms with Crippen molar-refractivity contribution < 1.29 is 18.7 Å². The van der Waals surface area contributed by atoms with Gasteiger partial charge in [0.25, 0.3) is 0 Å². The molecule has 0 amide bonds. The number of hydrogen-bond donors (Lipinski definition) is 1. The van der Waals surface area contributed by atoms with Crippen LogP contribution in [0.5, 0.6) is 0 Å². The van der Waals surface area contributed by atoms with Crippen LogP contribution in [0.4, 0.5) is 4.39 Å². The molecule has 0 unspecified atom stereocenters. The lowest BCUT2D eigenvalue weighted by atomic mass is 9.81. The van der Waals surface area contributed by atoms with Crippen molar-refractivity contribution in [1.29, 1.82) is 0 Å². The number of rotatable bonds is 6. The zero-order valence-electron chi connectivity index (χ0n) is 14.9. The second kappa shape index (κ2) is 8.08. The van der Waals surface area contributed by atoms with Gasteiger partial charge in [-0.3, -0.25) is 4.79 Å². The lowest BCUT2D eigenvalue weighted by Crippen LogP contribution is -2.18. The number of fused-ring (bicyclic) bond motifs is 1. The fourth-order valence-corrected chi connectivity index (χ4v) is 3.91. The van der Waals surface area contributed by atoms with Gasteiger partial charge in [-0.25, -0.2) is 9.18 Å². The number of carbonyl (C=O) groups excluding carboxylic acids is 2. The first-order valence-corrected chi connectivity index (χ1v) is 9.91. The highest BCUT2D eigenvalue weighted by Gasteiger charge is 2.32. The molecule has 3 rings (SSSR count). The summed E-state index contributed by atoms with van der Waals surface area (Å²) in [5.41, 5.74) is 3.33. The minimum absolute atomic E-state index is 0.00918. The number of nitrogens with one attached hydrogen (secondary N) is 1. The van der Waals surface area contributed by atoms with Crippen molar-refractivity contribution in [2.24, 2.45) is 0 Å². The Labute approximate surface area is 156 Å². The molecule has 138 valence electrons. The maximum absolute atomic E-state index is 13.1. The molecule has 0 saturated carbocycles. The lowest BCUT2D eigenvalue weighted by Gasteiger charge is -2.22. The number of ketones is 1. The number of hydrogen-bond acceptors (Lipinski definition) is 4. The molecule has 0 radical (unpaired) electrons. The standard InChI is InChI=1S/C20H22FNO3S/c1-3-26-9-8-25-20(24)19-12(2)18-16(22-19)10-14(11-17(18)23)13-4-6-15(21)7-5-13/h4-7,14,22H,3,8-11H2,1-2H3/t14-/m0/s1. The van der Waals surface area contributed by atoms with E-state index in [9.17, 15) is 14.0 Å². The molecule has 0 fully saturated rings. The number of esters is 1. The van der Waals surface area contributed by atoms with E-state index in [2.05, 4.69) is 11.9 Å². The topological polar surface area (TPSA) is 59.2 Å². The Morgan fingerprint density at radius 1 is 1.31 bits per heavy atom. The fraction of sp³-hybridized carbons (Fsp3) is 0.400. The maximum atomic E-state index is 13.1. The van der Waals surface area contributed by atoms with Crippen LogP contribution in [-0.4, -0.2) is 34.8 Å². The van der Waals surface area contributed by atoms with E-state index in [0.717, 1.165) is 22.8 Å². The molecule has 1 N–H and O–H groups in total. The predicted molar refractivity (Wildman–Crippen MR) is 101 cm³/mol. The van der Waals surface area contributed by atoms with E-state index in [0.29, 0.717) is 36.3 Å². The molecule has 0 spiro atoms. The smallest absolute Gasteiger partial charge is 0.355 e. The van der Waals surface area contributed by atoms with Crippen molar-refractivity contribution in [3.05, 3.63) is 58.2 Å². The van der Waals surface area contributed by atoms with E-state index in [1.165, 1.54) is 12.1 Å². The molecule has 6 heteroatoms. The van der Waals surface area contributed by atoms with Crippen LogP contribution in [0.15, 0.2) is 24.3 Å². The molecule has 2 aromatic rings. The summed E-state index contributed by atoms with van der Waals surface area (Å²) in [5.74, 6) is 1.02. The van der Waals surface area contributed by atoms with Gasteiger partial charge in [0, 0.05) is 23.4 Å². The molecule has 1 heterocycles. The summed E-state index contributed by atoms with van der Waals surface area (Å²) in [6, 6.07) is 6.25. The Bertz CT molecular complexity index is 813. The van der Waals surface area contributed by atoms with Crippen molar-refractivity contribution in [2.45, 2.75) is 32.6 Å². The number of carbonyl (C=O) groups is 2. The summed E-state index contributed by atoms with van der Waals surface area (Å²) >= 11 is 1.71. The number of Topliss-reactive ketones (excluding diaryl/α,β-unsaturated/α-hetero) is 1. The first-order valence-electron chi connectivity index (χ1n) is 8.76. The monoisotopic (exact) mass is 375 g/mol. The number of aromatic nitrogens is 1. The van der Waals surface area contributed by atoms with Gasteiger partial charge in [0.1, 0.15) is 18.1 Å². The van der Waals surface area contributed by atoms with Crippen molar-refractivity contribution >= 4 is 23.5 Å². The molecular weight excluding hydrogens is 353 g/mol. The van der Waals surface area contributed by atoms with Crippen molar-refractivity contribution in [2.75, 3.05) is 18.1 Å². The molecular formula is C20H22FNO3S. The Balaban J connectivity index is 1.78. The van der Waals surface area contributed by atoms with Crippen molar-refractivity contribution in [1.82, 2.24) is 4.98 Å². The highest BCUT2D eigenvalue weighted by Crippen LogP contribution is 2.35. The number of halogens is 1. The Morgan fingerprint density at radius 3 is 2.73 bits per heavy atom. The van der Waals surface area contributed by atoms with Crippen LogP contribution in [0.3, 0.4) is 0 Å². The zero-order chi connectivity index (χ0) is 18.7. The number of aromatic amines is 1. The third-order valence-corrected chi connectivity index (χ3v) is 5.56. The molecule has 1 aliphatic carbocycles. The van der Waals surface area contributed by atoms with Crippen LogP contribution in [-0.2, 0) is 11.2 Å². The number of benzene rings is 1. The minimum atomic E-state index is -0.417. The second-order valence-corrected chi connectivity index (χ2v) is 7.79. The van der Waals surface area contributed by atoms with E-state index < -0.39 is 5.97 Å². The third-order valence-electron chi connectivity index (χ3n) is 4.70. The molecule has 1 aliphatic rings. The maximum Gasteiger partial charge on any atom is 0.355 e. The Kier molecular flexibility index (Phi) is 5.81. The predicted octanol–water partition coefficient (Wildman–Crippen LogP) is 4.28. The van der Waals surface area contributed by atoms with Crippen molar-refractivity contribution in [3.63, 3.8) is 0 Å². The lowest BCUT2D eigenvalue weighted by molar-refractivity contribution is 0.0523. The van der Waals surface area contributed by atoms with E-state index in [1.54, 1.807) is 30.8 Å². The van der Waals surface area contributed by atoms with Gasteiger partial charge in [-0.05, 0) is 48.3 Å². The van der Waals surface area contributed by atoms with Gasteiger partial charge in [0.05, 0.1) is 0 Å². The summed E-state index contributed by atoms with van der Waals surface area (Å²) in [6.45, 7) is 4.19. The van der Waals surface area contributed by atoms with Gasteiger partial charge in [0.15, 0.2) is 5.78 Å². The van der Waals surface area contributed by atoms with Gasteiger partial charge in [-0.2, -0.15) is 11.8 Å². The van der Waals surface area contributed by atoms with E-state index in [4.69, 9.17) is 4.74 Å². The van der Waals surface area contributed by atoms with Crippen LogP contribution in [0.2, 0.25) is 0 Å². The van der Waals surface area contributed by atoms with Gasteiger partial charge >= 0.3 is 5.97 Å². The zero-order valence-corrected chi connectivity index (χ0v) is 15.7. The van der Waals surface area contributed by atoms with E-state index in [-0.39, 0.29) is 17.5 Å². The number of thioether (sulfide) groups is 1. The average molecular weight is 375 g/mol. The first kappa shape index (κ1) is 18.7. The number of H-pyrrole nitrogens is 1. The van der Waals surface area contributed by atoms with Gasteiger partial charge < -0.3 is 9.72 Å². The summed E-state index contributed by atoms with van der Waals surface area (Å²) in [6.07, 6.45) is 0.978. The summed E-state index contributed by atoms with van der Waals surface area (Å²) in [7, 11) is 0. The van der Waals surface area contributed by atoms with Gasteiger partial charge in [-0.15, -0.1) is 0 Å². The van der Waals surface area contributed by atoms with Crippen molar-refractivity contribution in [3.8, 4) is 0 Å². The molecule has 0 saturated heterocycles. The minimum Gasteiger partial charge on any atom is -0.460 e. The quantitative estimate of drug-likeness (QED) is 0.605. The number of ether oxygens (including phenoxy) is 1. The highest BCUT2D eigenvalue weighted by molar-refractivity contribution is 7.99. The van der Waals surface area contributed by atoms with E-state index in [1.807, 2.05) is 0 Å². The molecule has 1 aromatic heterocycles. The summed E-state index contributed by atoms with van der Waals surface area (Å²) in [5, 5.41) is 0. The largest absolute Gasteiger partial charge is 0.460 e. The highest BCUT2D eigenvalue weighted by atomic mass is 32.2. The molecule has 26 heavy (non-hydrogen) atoms. The van der Waals surface area contributed by atoms with Gasteiger partial charge in [-0.1, -0.05) is 19.1 Å². The first-order chi connectivity index (χ1) is 12.5. The average Bonchev–Trinajstić information content (AvgIpc) is 2.96. The Morgan fingerprint density at radius 2 is 2.04 bits per heavy atom. The summed E-state index contributed by atoms with van der Waals surface area (Å²) in [4.78, 5) is 28.1. The van der Waals surface area contributed by atoms with Crippen LogP contribution in [0.25, 0.3) is 0 Å². The molecule has 4 nitrogen and oxygen atoms in total. The molecule has 1 atom stereocenters. The Hall–Kier alpha value is -2.08. The molecule has 0 bridgehead atoms. The normalized spacial score (nSPS) is 16.4. The summed E-state index contributed by atoms with van der Waals surface area (Å²) < 4.78 is 18.4.